The van der Waals surface area contributed by atoms with E-state index in [-0.39, 0.29) is 17.3 Å². The van der Waals surface area contributed by atoms with Crippen LogP contribution in [0.25, 0.3) is 11.0 Å². The lowest BCUT2D eigenvalue weighted by Crippen LogP contribution is -2.19. The molecule has 3 rings (SSSR count). The van der Waals surface area contributed by atoms with Crippen molar-refractivity contribution in [2.75, 3.05) is 5.75 Å². The van der Waals surface area contributed by atoms with Gasteiger partial charge in [0.25, 0.3) is 11.6 Å². The smallest absolute Gasteiger partial charge is 0.269 e. The van der Waals surface area contributed by atoms with Crippen LogP contribution in [0.2, 0.25) is 0 Å². The van der Waals surface area contributed by atoms with E-state index >= 15 is 0 Å². The van der Waals surface area contributed by atoms with Crippen molar-refractivity contribution in [3.05, 3.63) is 64.2 Å². The maximum atomic E-state index is 11.9. The minimum Gasteiger partial charge on any atom is -0.322 e. The Balaban J connectivity index is 1.53. The molecule has 9 heteroatoms. The fourth-order valence-corrected chi connectivity index (χ4v) is 3.06. The molecule has 2 aromatic carbocycles. The first-order valence-electron chi connectivity index (χ1n) is 7.65. The second kappa shape index (κ2) is 7.79. The topological polar surface area (TPSA) is 102 Å². The normalized spacial score (nSPS) is 11.1. The number of nitrogens with one attached hydrogen (secondary N) is 1. The van der Waals surface area contributed by atoms with Crippen molar-refractivity contribution in [1.82, 2.24) is 15.0 Å². The zero-order valence-corrected chi connectivity index (χ0v) is 14.6. The number of fused-ring (bicyclic) bond motifs is 1. The van der Waals surface area contributed by atoms with Crippen LogP contribution in [0.3, 0.4) is 0 Å². The standard InChI is InChI=1S/C17H15N5O3S/c1-21-15-5-3-2-4-14(15)19-17(21)26-11-16(23)20-18-10-12-6-8-13(9-7-12)22(24)25/h2-10H,11H2,1H3,(H,20,23). The number of imidazole rings is 1. The molecule has 0 saturated heterocycles. The van der Waals surface area contributed by atoms with Crippen molar-refractivity contribution in [1.29, 1.82) is 0 Å². The largest absolute Gasteiger partial charge is 0.322 e. The molecule has 26 heavy (non-hydrogen) atoms. The minimum atomic E-state index is -0.471. The van der Waals surface area contributed by atoms with Crippen molar-refractivity contribution >= 4 is 40.6 Å². The number of hydrogen-bond donors (Lipinski definition) is 1. The number of aromatic nitrogens is 2. The van der Waals surface area contributed by atoms with E-state index in [9.17, 15) is 14.9 Å². The number of hydrazone groups is 1. The summed E-state index contributed by atoms with van der Waals surface area (Å²) < 4.78 is 1.94. The highest BCUT2D eigenvalue weighted by atomic mass is 32.2. The van der Waals surface area contributed by atoms with Gasteiger partial charge in [-0.3, -0.25) is 14.9 Å². The van der Waals surface area contributed by atoms with Crippen LogP contribution in [-0.2, 0) is 11.8 Å². The van der Waals surface area contributed by atoms with E-state index in [0.29, 0.717) is 5.56 Å². The molecular formula is C17H15N5O3S. The number of amides is 1. The molecule has 1 heterocycles. The second-order valence-corrected chi connectivity index (χ2v) is 6.32. The van der Waals surface area contributed by atoms with Crippen molar-refractivity contribution in [3.8, 4) is 0 Å². The highest BCUT2D eigenvalue weighted by Crippen LogP contribution is 2.22. The summed E-state index contributed by atoms with van der Waals surface area (Å²) in [6.45, 7) is 0. The fourth-order valence-electron chi connectivity index (χ4n) is 2.28. The Bertz CT molecular complexity index is 982. The fraction of sp³-hybridized carbons (Fsp3) is 0.118. The Morgan fingerprint density at radius 3 is 2.73 bits per heavy atom. The number of nitro benzene ring substituents is 1. The van der Waals surface area contributed by atoms with E-state index in [1.165, 1.54) is 30.1 Å². The number of rotatable bonds is 6. The van der Waals surface area contributed by atoms with E-state index in [4.69, 9.17) is 0 Å². The summed E-state index contributed by atoms with van der Waals surface area (Å²) in [4.78, 5) is 26.5. The Labute approximate surface area is 153 Å². The zero-order valence-electron chi connectivity index (χ0n) is 13.8. The van der Waals surface area contributed by atoms with Crippen molar-refractivity contribution < 1.29 is 9.72 Å². The summed E-state index contributed by atoms with van der Waals surface area (Å²) in [5.74, 6) is -0.0883. The number of non-ortho nitro benzene ring substituents is 1. The van der Waals surface area contributed by atoms with Crippen LogP contribution >= 0.6 is 11.8 Å². The van der Waals surface area contributed by atoms with Gasteiger partial charge in [-0.2, -0.15) is 5.10 Å². The summed E-state index contributed by atoms with van der Waals surface area (Å²) in [5.41, 5.74) is 4.98. The van der Waals surface area contributed by atoms with E-state index in [0.717, 1.165) is 16.2 Å². The van der Waals surface area contributed by atoms with Gasteiger partial charge in [-0.05, 0) is 29.8 Å². The molecule has 0 saturated carbocycles. The molecule has 3 aromatic rings. The maximum Gasteiger partial charge on any atom is 0.269 e. The molecule has 0 aliphatic carbocycles. The third-order valence-corrected chi connectivity index (χ3v) is 4.62. The van der Waals surface area contributed by atoms with Gasteiger partial charge in [0.05, 0.1) is 27.9 Å². The van der Waals surface area contributed by atoms with Gasteiger partial charge in [-0.15, -0.1) is 0 Å². The van der Waals surface area contributed by atoms with Crippen LogP contribution in [0.5, 0.6) is 0 Å². The van der Waals surface area contributed by atoms with Crippen LogP contribution < -0.4 is 5.43 Å². The summed E-state index contributed by atoms with van der Waals surface area (Å²) in [7, 11) is 1.91. The number of benzene rings is 2. The average Bonchev–Trinajstić information content (AvgIpc) is 2.97. The van der Waals surface area contributed by atoms with Crippen LogP contribution in [0.1, 0.15) is 5.56 Å². The summed E-state index contributed by atoms with van der Waals surface area (Å²) in [6.07, 6.45) is 1.43. The Morgan fingerprint density at radius 1 is 1.31 bits per heavy atom. The molecule has 0 aliphatic rings. The van der Waals surface area contributed by atoms with Gasteiger partial charge < -0.3 is 4.57 Å². The Morgan fingerprint density at radius 2 is 2.04 bits per heavy atom. The van der Waals surface area contributed by atoms with Crippen molar-refractivity contribution in [2.45, 2.75) is 5.16 Å². The lowest BCUT2D eigenvalue weighted by Gasteiger charge is -2.01. The lowest BCUT2D eigenvalue weighted by atomic mass is 10.2. The molecule has 132 valence electrons. The number of nitrogens with zero attached hydrogens (tertiary/aromatic N) is 4. The lowest BCUT2D eigenvalue weighted by molar-refractivity contribution is -0.384. The Hall–Kier alpha value is -3.20. The van der Waals surface area contributed by atoms with Gasteiger partial charge in [0.15, 0.2) is 5.16 Å². The molecule has 8 nitrogen and oxygen atoms in total. The number of carbonyl (C=O) groups excluding carboxylic acids is 1. The summed E-state index contributed by atoms with van der Waals surface area (Å²) in [5, 5.41) is 15.2. The van der Waals surface area contributed by atoms with Crippen molar-refractivity contribution in [3.63, 3.8) is 0 Å². The number of hydrogen-bond acceptors (Lipinski definition) is 6. The average molecular weight is 369 g/mol. The summed E-state index contributed by atoms with van der Waals surface area (Å²) in [6, 6.07) is 13.6. The molecule has 1 aromatic heterocycles. The first-order chi connectivity index (χ1) is 12.5. The van der Waals surface area contributed by atoms with E-state index in [1.807, 2.05) is 35.9 Å². The summed E-state index contributed by atoms with van der Waals surface area (Å²) >= 11 is 1.32. The first-order valence-corrected chi connectivity index (χ1v) is 8.64. The molecule has 0 atom stereocenters. The van der Waals surface area contributed by atoms with E-state index < -0.39 is 4.92 Å². The van der Waals surface area contributed by atoms with Crippen LogP contribution in [0.15, 0.2) is 58.8 Å². The van der Waals surface area contributed by atoms with Gasteiger partial charge >= 0.3 is 0 Å². The number of aryl methyl sites for hydroxylation is 1. The van der Waals surface area contributed by atoms with E-state index in [1.54, 1.807) is 12.1 Å². The highest BCUT2D eigenvalue weighted by molar-refractivity contribution is 7.99. The van der Waals surface area contributed by atoms with Crippen LogP contribution in [0.4, 0.5) is 5.69 Å². The van der Waals surface area contributed by atoms with Crippen LogP contribution in [0, 0.1) is 10.1 Å². The molecule has 0 fully saturated rings. The number of para-hydroxylation sites is 2. The zero-order chi connectivity index (χ0) is 18.5. The molecule has 0 spiro atoms. The molecule has 0 bridgehead atoms. The molecular weight excluding hydrogens is 354 g/mol. The van der Waals surface area contributed by atoms with Crippen molar-refractivity contribution in [2.24, 2.45) is 12.1 Å². The number of carbonyl (C=O) groups is 1. The molecule has 0 radical (unpaired) electrons. The minimum absolute atomic E-state index is 0.00467. The molecule has 0 aliphatic heterocycles. The second-order valence-electron chi connectivity index (χ2n) is 5.37. The SMILES string of the molecule is Cn1c(SCC(=O)NN=Cc2ccc([N+](=O)[O-])cc2)nc2ccccc21. The van der Waals surface area contributed by atoms with Crippen LogP contribution in [-0.4, -0.2) is 32.3 Å². The predicted molar refractivity (Wildman–Crippen MR) is 100 cm³/mol. The predicted octanol–water partition coefficient (Wildman–Crippen LogP) is 2.72. The number of thioether (sulfide) groups is 1. The quantitative estimate of drug-likeness (QED) is 0.311. The van der Waals surface area contributed by atoms with Gasteiger partial charge in [0, 0.05) is 19.2 Å². The third kappa shape index (κ3) is 4.06. The highest BCUT2D eigenvalue weighted by Gasteiger charge is 2.09. The van der Waals surface area contributed by atoms with Gasteiger partial charge in [0.1, 0.15) is 0 Å². The van der Waals surface area contributed by atoms with Gasteiger partial charge in [-0.1, -0.05) is 23.9 Å². The number of nitro groups is 1. The van der Waals surface area contributed by atoms with E-state index in [2.05, 4.69) is 15.5 Å². The van der Waals surface area contributed by atoms with Gasteiger partial charge in [0.2, 0.25) is 0 Å². The molecule has 1 N–H and O–H groups in total. The third-order valence-electron chi connectivity index (χ3n) is 3.59. The Kier molecular flexibility index (Phi) is 5.28. The monoisotopic (exact) mass is 369 g/mol. The first kappa shape index (κ1) is 17.6. The van der Waals surface area contributed by atoms with Gasteiger partial charge in [-0.25, -0.2) is 10.4 Å². The maximum absolute atomic E-state index is 11.9. The molecule has 1 amide bonds. The molecule has 0 unspecified atom stereocenters.